The number of fused-ring (bicyclic) bond motifs is 1. The number of aliphatic hydroxyl groups excluding tert-OH is 1. The van der Waals surface area contributed by atoms with Crippen molar-refractivity contribution in [2.45, 2.75) is 18.4 Å². The van der Waals surface area contributed by atoms with Crippen molar-refractivity contribution in [3.63, 3.8) is 0 Å². The van der Waals surface area contributed by atoms with Crippen molar-refractivity contribution < 1.29 is 19.8 Å². The van der Waals surface area contributed by atoms with Gasteiger partial charge >= 0.3 is 0 Å². The van der Waals surface area contributed by atoms with E-state index in [9.17, 15) is 19.8 Å². The van der Waals surface area contributed by atoms with Crippen LogP contribution in [0.2, 0.25) is 0 Å². The monoisotopic (exact) mass is 386 g/mol. The summed E-state index contributed by atoms with van der Waals surface area (Å²) in [6.07, 6.45) is -0.0307. The largest absolute Gasteiger partial charge is 0.393 e. The Labute approximate surface area is 169 Å². The first-order chi connectivity index (χ1) is 14.0. The van der Waals surface area contributed by atoms with Crippen LogP contribution in [0.1, 0.15) is 38.3 Å². The van der Waals surface area contributed by atoms with E-state index in [1.165, 1.54) is 0 Å². The quantitative estimate of drug-likeness (QED) is 0.635. The molecule has 0 saturated carbocycles. The molecule has 2 N–H and O–H groups in total. The summed E-state index contributed by atoms with van der Waals surface area (Å²) in [5.41, 5.74) is -1.13. The van der Waals surface area contributed by atoms with Crippen LogP contribution in [0.25, 0.3) is 0 Å². The Hall–Kier alpha value is -3.08. The third kappa shape index (κ3) is 3.20. The highest BCUT2D eigenvalue weighted by atomic mass is 16.3. The molecule has 1 aliphatic rings. The minimum atomic E-state index is -1.72. The van der Waals surface area contributed by atoms with Crippen molar-refractivity contribution in [2.24, 2.45) is 5.41 Å². The van der Waals surface area contributed by atoms with Crippen LogP contribution in [0.15, 0.2) is 84.9 Å². The first-order valence-corrected chi connectivity index (χ1v) is 9.61. The lowest BCUT2D eigenvalue weighted by Gasteiger charge is -2.36. The molecule has 0 spiro atoms. The smallest absolute Gasteiger partial charge is 0.177 e. The van der Waals surface area contributed by atoms with Crippen molar-refractivity contribution in [3.05, 3.63) is 107 Å². The van der Waals surface area contributed by atoms with Crippen LogP contribution in [0.4, 0.5) is 0 Å². The molecule has 3 aromatic carbocycles. The molecule has 1 aliphatic carbocycles. The van der Waals surface area contributed by atoms with Crippen molar-refractivity contribution in [1.29, 1.82) is 0 Å². The lowest BCUT2D eigenvalue weighted by molar-refractivity contribution is -0.0468. The van der Waals surface area contributed by atoms with Crippen LogP contribution in [-0.4, -0.2) is 28.4 Å². The maximum atomic E-state index is 13.5. The number of ketones is 2. The van der Waals surface area contributed by atoms with Crippen LogP contribution < -0.4 is 0 Å². The third-order valence-corrected chi connectivity index (χ3v) is 5.80. The molecule has 0 aromatic heterocycles. The van der Waals surface area contributed by atoms with Gasteiger partial charge in [0.25, 0.3) is 0 Å². The lowest BCUT2D eigenvalue weighted by atomic mass is 9.68. The van der Waals surface area contributed by atoms with E-state index in [1.54, 1.807) is 48.5 Å². The van der Waals surface area contributed by atoms with Gasteiger partial charge in [-0.05, 0) is 17.5 Å². The standard InChI is InChI=1S/C25H22O4/c26-17-25(29,19-11-5-2-6-12-19)16-24(15-18-9-3-1-4-10-18)22(27)20-13-7-8-14-21(20)23(24)28/h1-14,26,29H,15-17H2. The molecule has 146 valence electrons. The number of Topliss-reactive ketones (excluding diaryl/α,β-unsaturated/α-hetero) is 2. The third-order valence-electron chi connectivity index (χ3n) is 5.80. The molecule has 29 heavy (non-hydrogen) atoms. The van der Waals surface area contributed by atoms with Gasteiger partial charge in [-0.15, -0.1) is 0 Å². The molecule has 3 aromatic rings. The lowest BCUT2D eigenvalue weighted by Crippen LogP contribution is -2.45. The van der Waals surface area contributed by atoms with Gasteiger partial charge in [-0.2, -0.15) is 0 Å². The van der Waals surface area contributed by atoms with E-state index in [0.29, 0.717) is 16.7 Å². The second-order valence-corrected chi connectivity index (χ2v) is 7.68. The van der Waals surface area contributed by atoms with Crippen LogP contribution in [-0.2, 0) is 12.0 Å². The molecule has 4 heteroatoms. The molecular formula is C25H22O4. The van der Waals surface area contributed by atoms with E-state index in [1.807, 2.05) is 36.4 Å². The Morgan fingerprint density at radius 3 is 1.72 bits per heavy atom. The second-order valence-electron chi connectivity index (χ2n) is 7.68. The molecule has 0 heterocycles. The second kappa shape index (κ2) is 7.39. The van der Waals surface area contributed by atoms with Gasteiger partial charge in [0.2, 0.25) is 0 Å². The van der Waals surface area contributed by atoms with Crippen LogP contribution in [0.3, 0.4) is 0 Å². The number of rotatable bonds is 6. The summed E-state index contributed by atoms with van der Waals surface area (Å²) in [7, 11) is 0. The molecule has 0 fully saturated rings. The summed E-state index contributed by atoms with van der Waals surface area (Å²) in [6, 6.07) is 24.8. The molecule has 1 unspecified atom stereocenters. The summed E-state index contributed by atoms with van der Waals surface area (Å²) in [5.74, 6) is -0.602. The number of hydrogen-bond donors (Lipinski definition) is 2. The predicted molar refractivity (Wildman–Crippen MR) is 110 cm³/mol. The van der Waals surface area contributed by atoms with Gasteiger partial charge in [-0.1, -0.05) is 84.9 Å². The van der Waals surface area contributed by atoms with E-state index in [0.717, 1.165) is 5.56 Å². The Morgan fingerprint density at radius 1 is 0.724 bits per heavy atom. The normalized spacial score (nSPS) is 17.0. The van der Waals surface area contributed by atoms with Gasteiger partial charge in [0, 0.05) is 17.5 Å². The zero-order valence-corrected chi connectivity index (χ0v) is 15.9. The van der Waals surface area contributed by atoms with Gasteiger partial charge in [-0.3, -0.25) is 9.59 Å². The molecule has 0 aliphatic heterocycles. The number of aliphatic hydroxyl groups is 2. The molecule has 4 nitrogen and oxygen atoms in total. The Morgan fingerprint density at radius 2 is 1.21 bits per heavy atom. The van der Waals surface area contributed by atoms with E-state index >= 15 is 0 Å². The highest BCUT2D eigenvalue weighted by Gasteiger charge is 2.56. The van der Waals surface area contributed by atoms with E-state index in [2.05, 4.69) is 0 Å². The maximum absolute atomic E-state index is 13.5. The highest BCUT2D eigenvalue weighted by Crippen LogP contribution is 2.47. The van der Waals surface area contributed by atoms with Crippen molar-refractivity contribution >= 4 is 11.6 Å². The molecular weight excluding hydrogens is 364 g/mol. The summed E-state index contributed by atoms with van der Waals surface area (Å²) in [5, 5.41) is 21.5. The fourth-order valence-electron chi connectivity index (χ4n) is 4.32. The fraction of sp³-hybridized carbons (Fsp3) is 0.200. The van der Waals surface area contributed by atoms with Gasteiger partial charge in [0.15, 0.2) is 11.6 Å². The van der Waals surface area contributed by atoms with Gasteiger partial charge in [0.05, 0.1) is 6.61 Å². The van der Waals surface area contributed by atoms with Crippen molar-refractivity contribution in [3.8, 4) is 0 Å². The molecule has 1 atom stereocenters. The van der Waals surface area contributed by atoms with Gasteiger partial charge in [-0.25, -0.2) is 0 Å². The van der Waals surface area contributed by atoms with E-state index < -0.39 is 17.6 Å². The molecule has 4 rings (SSSR count). The molecule has 0 radical (unpaired) electrons. The van der Waals surface area contributed by atoms with Crippen LogP contribution in [0, 0.1) is 5.41 Å². The van der Waals surface area contributed by atoms with E-state index in [-0.39, 0.29) is 24.4 Å². The number of carbonyl (C=O) groups excluding carboxylic acids is 2. The van der Waals surface area contributed by atoms with E-state index in [4.69, 9.17) is 0 Å². The highest BCUT2D eigenvalue weighted by molar-refractivity contribution is 6.29. The first kappa shape index (κ1) is 19.2. The molecule has 0 saturated heterocycles. The first-order valence-electron chi connectivity index (χ1n) is 9.61. The summed E-state index contributed by atoms with van der Waals surface area (Å²) < 4.78 is 0. The van der Waals surface area contributed by atoms with Crippen LogP contribution >= 0.6 is 0 Å². The zero-order chi connectivity index (χ0) is 20.5. The minimum Gasteiger partial charge on any atom is -0.393 e. The fourth-order valence-corrected chi connectivity index (χ4v) is 4.32. The molecule has 0 bridgehead atoms. The summed E-state index contributed by atoms with van der Waals surface area (Å²) in [4.78, 5) is 27.1. The predicted octanol–water partition coefficient (Wildman–Crippen LogP) is 3.56. The number of carbonyl (C=O) groups is 2. The van der Waals surface area contributed by atoms with Crippen molar-refractivity contribution in [2.75, 3.05) is 6.61 Å². The average Bonchev–Trinajstić information content (AvgIpc) is 2.97. The molecule has 0 amide bonds. The topological polar surface area (TPSA) is 74.6 Å². The Bertz CT molecular complexity index is 1010. The minimum absolute atomic E-state index is 0.162. The Balaban J connectivity index is 1.84. The summed E-state index contributed by atoms with van der Waals surface area (Å²) in [6.45, 7) is -0.593. The van der Waals surface area contributed by atoms with Crippen LogP contribution in [0.5, 0.6) is 0 Å². The van der Waals surface area contributed by atoms with Crippen molar-refractivity contribution in [1.82, 2.24) is 0 Å². The SMILES string of the molecule is O=C1c2ccccc2C(=O)C1(Cc1ccccc1)CC(O)(CO)c1ccccc1. The zero-order valence-electron chi connectivity index (χ0n) is 15.9. The Kier molecular flexibility index (Phi) is 4.91. The number of hydrogen-bond acceptors (Lipinski definition) is 4. The van der Waals surface area contributed by atoms with Gasteiger partial charge < -0.3 is 10.2 Å². The summed E-state index contributed by atoms with van der Waals surface area (Å²) >= 11 is 0. The van der Waals surface area contributed by atoms with Gasteiger partial charge in [0.1, 0.15) is 11.0 Å². The number of benzene rings is 3. The maximum Gasteiger partial charge on any atom is 0.177 e. The average molecular weight is 386 g/mol.